The number of rotatable bonds is 9. The molecule has 110 valence electrons. The highest BCUT2D eigenvalue weighted by Crippen LogP contribution is 2.59. The first kappa shape index (κ1) is 19.0. The lowest BCUT2D eigenvalue weighted by molar-refractivity contribution is 0.140. The minimum atomic E-state index is -3.83. The van der Waals surface area contributed by atoms with Gasteiger partial charge in [0.1, 0.15) is 0 Å². The van der Waals surface area contributed by atoms with Gasteiger partial charge in [-0.25, -0.2) is 0 Å². The normalized spacial score (nSPS) is 14.8. The van der Waals surface area contributed by atoms with Crippen molar-refractivity contribution in [3.8, 4) is 0 Å². The Hall–Kier alpha value is 0.980. The second kappa shape index (κ2) is 9.02. The van der Waals surface area contributed by atoms with Crippen LogP contribution in [-0.2, 0) is 13.6 Å². The van der Waals surface area contributed by atoms with Crippen LogP contribution in [0.2, 0.25) is 0 Å². The van der Waals surface area contributed by atoms with Gasteiger partial charge in [0, 0.05) is 0 Å². The summed E-state index contributed by atoms with van der Waals surface area (Å²) >= 11 is 16.6. The molecule has 0 rings (SSSR count). The predicted octanol–water partition coefficient (Wildman–Crippen LogP) is 4.50. The molecule has 0 saturated heterocycles. The van der Waals surface area contributed by atoms with E-state index >= 15 is 0 Å². The summed E-state index contributed by atoms with van der Waals surface area (Å²) < 4.78 is 20.5. The van der Waals surface area contributed by atoms with Gasteiger partial charge in [0.05, 0.1) is 13.2 Å². The molecule has 0 aliphatic heterocycles. The minimum absolute atomic E-state index is 0.192. The highest BCUT2D eigenvalue weighted by atomic mass is 35.6. The standard InChI is InChI=1S/C10H20Cl3O4P/c1-3-5-7-16-18(15,17-8-6-4-2)9(14)10(11,12)13/h9,14H,3-8H2,1-2H3/t9-/m1/s1. The lowest BCUT2D eigenvalue weighted by atomic mass is 10.4. The van der Waals surface area contributed by atoms with Gasteiger partial charge < -0.3 is 14.2 Å². The van der Waals surface area contributed by atoms with Crippen molar-refractivity contribution in [2.45, 2.75) is 49.2 Å². The van der Waals surface area contributed by atoms with Gasteiger partial charge >= 0.3 is 7.60 Å². The molecule has 18 heavy (non-hydrogen) atoms. The Kier molecular flexibility index (Phi) is 9.51. The van der Waals surface area contributed by atoms with Gasteiger partial charge in [0.15, 0.2) is 0 Å². The molecule has 0 fully saturated rings. The maximum absolute atomic E-state index is 12.4. The van der Waals surface area contributed by atoms with Crippen molar-refractivity contribution in [3.63, 3.8) is 0 Å². The van der Waals surface area contributed by atoms with Gasteiger partial charge in [0.2, 0.25) is 9.64 Å². The highest BCUT2D eigenvalue weighted by molar-refractivity contribution is 7.55. The molecule has 0 aromatic heterocycles. The van der Waals surface area contributed by atoms with Crippen LogP contribution < -0.4 is 0 Å². The molecule has 0 bridgehead atoms. The van der Waals surface area contributed by atoms with E-state index in [9.17, 15) is 9.67 Å². The first-order valence-corrected chi connectivity index (χ1v) is 8.66. The molecule has 8 heteroatoms. The van der Waals surface area contributed by atoms with E-state index in [4.69, 9.17) is 43.9 Å². The van der Waals surface area contributed by atoms with Gasteiger partial charge in [-0.2, -0.15) is 0 Å². The molecule has 1 atom stereocenters. The Labute approximate surface area is 123 Å². The second-order valence-electron chi connectivity index (χ2n) is 3.83. The Balaban J connectivity index is 4.63. The lowest BCUT2D eigenvalue weighted by Gasteiger charge is -2.27. The smallest absolute Gasteiger partial charge is 0.363 e. The lowest BCUT2D eigenvalue weighted by Crippen LogP contribution is -2.27. The minimum Gasteiger partial charge on any atom is -0.377 e. The molecule has 0 radical (unpaired) electrons. The third kappa shape index (κ3) is 6.95. The third-order valence-corrected chi connectivity index (χ3v) is 5.28. The SMILES string of the molecule is CCCCOP(=O)(OCCCC)[C@@H](O)C(Cl)(Cl)Cl. The largest absolute Gasteiger partial charge is 0.377 e. The van der Waals surface area contributed by atoms with E-state index < -0.39 is 17.2 Å². The van der Waals surface area contributed by atoms with E-state index in [1.807, 2.05) is 13.8 Å². The van der Waals surface area contributed by atoms with Crippen molar-refractivity contribution in [2.24, 2.45) is 0 Å². The maximum Gasteiger partial charge on any atom is 0.363 e. The zero-order valence-corrected chi connectivity index (χ0v) is 13.7. The molecule has 0 aromatic rings. The summed E-state index contributed by atoms with van der Waals surface area (Å²) in [6, 6.07) is 0. The van der Waals surface area contributed by atoms with Crippen molar-refractivity contribution >= 4 is 42.4 Å². The molecule has 4 nitrogen and oxygen atoms in total. The summed E-state index contributed by atoms with van der Waals surface area (Å²) in [5, 5.41) is 9.79. The molecular weight excluding hydrogens is 321 g/mol. The number of halogens is 3. The van der Waals surface area contributed by atoms with Gasteiger partial charge in [-0.15, -0.1) is 0 Å². The summed E-state index contributed by atoms with van der Waals surface area (Å²) in [6.45, 7) is 4.30. The second-order valence-corrected chi connectivity index (χ2v) is 8.28. The average molecular weight is 342 g/mol. The molecule has 0 aliphatic rings. The van der Waals surface area contributed by atoms with Crippen LogP contribution in [0.25, 0.3) is 0 Å². The van der Waals surface area contributed by atoms with E-state index in [2.05, 4.69) is 0 Å². The summed E-state index contributed by atoms with van der Waals surface area (Å²) in [7, 11) is -3.83. The third-order valence-electron chi connectivity index (χ3n) is 2.13. The van der Waals surface area contributed by atoms with Crippen LogP contribution in [-0.4, -0.2) is 28.0 Å². The maximum atomic E-state index is 12.4. The number of aliphatic hydroxyl groups is 1. The Morgan fingerprint density at radius 3 is 1.78 bits per heavy atom. The van der Waals surface area contributed by atoms with Crippen molar-refractivity contribution in [1.29, 1.82) is 0 Å². The van der Waals surface area contributed by atoms with Crippen LogP contribution in [0.5, 0.6) is 0 Å². The molecule has 0 unspecified atom stereocenters. The molecule has 1 N–H and O–H groups in total. The molecule has 0 heterocycles. The van der Waals surface area contributed by atoms with Crippen LogP contribution in [0.4, 0.5) is 0 Å². The van der Waals surface area contributed by atoms with E-state index in [0.29, 0.717) is 12.8 Å². The van der Waals surface area contributed by atoms with Gasteiger partial charge in [-0.05, 0) is 12.8 Å². The van der Waals surface area contributed by atoms with Gasteiger partial charge in [-0.1, -0.05) is 61.5 Å². The van der Waals surface area contributed by atoms with Gasteiger partial charge in [0.25, 0.3) is 0 Å². The summed E-state index contributed by atoms with van der Waals surface area (Å²) in [6.07, 6.45) is 3.10. The topological polar surface area (TPSA) is 55.8 Å². The van der Waals surface area contributed by atoms with E-state index in [-0.39, 0.29) is 13.2 Å². The molecular formula is C10H20Cl3O4P. The van der Waals surface area contributed by atoms with E-state index in [1.165, 1.54) is 0 Å². The zero-order chi connectivity index (χ0) is 14.2. The zero-order valence-electron chi connectivity index (χ0n) is 10.6. The molecule has 0 aliphatic carbocycles. The van der Waals surface area contributed by atoms with Crippen LogP contribution in [0, 0.1) is 0 Å². The number of hydrogen-bond acceptors (Lipinski definition) is 4. The predicted molar refractivity (Wildman–Crippen MR) is 75.6 cm³/mol. The fourth-order valence-corrected chi connectivity index (χ4v) is 3.59. The van der Waals surface area contributed by atoms with Crippen molar-refractivity contribution < 1.29 is 18.7 Å². The molecule has 0 spiro atoms. The van der Waals surface area contributed by atoms with Crippen molar-refractivity contribution in [1.82, 2.24) is 0 Å². The number of aliphatic hydroxyl groups excluding tert-OH is 1. The van der Waals surface area contributed by atoms with Crippen LogP contribution >= 0.6 is 42.4 Å². The summed E-state index contributed by atoms with van der Waals surface area (Å²) in [5.41, 5.74) is 0. The Morgan fingerprint density at radius 2 is 1.50 bits per heavy atom. The summed E-state index contributed by atoms with van der Waals surface area (Å²) in [5.74, 6) is -1.79. The number of unbranched alkanes of at least 4 members (excludes halogenated alkanes) is 2. The van der Waals surface area contributed by atoms with Crippen LogP contribution in [0.15, 0.2) is 0 Å². The van der Waals surface area contributed by atoms with Crippen molar-refractivity contribution in [3.05, 3.63) is 0 Å². The molecule has 0 amide bonds. The summed E-state index contributed by atoms with van der Waals surface area (Å²) in [4.78, 5) is 0. The molecule has 0 aromatic carbocycles. The Bertz CT molecular complexity index is 256. The quantitative estimate of drug-likeness (QED) is 0.381. The monoisotopic (exact) mass is 340 g/mol. The highest BCUT2D eigenvalue weighted by Gasteiger charge is 2.47. The fourth-order valence-electron chi connectivity index (χ4n) is 1.03. The van der Waals surface area contributed by atoms with E-state index in [1.54, 1.807) is 0 Å². The molecule has 0 saturated carbocycles. The fraction of sp³-hybridized carbons (Fsp3) is 1.00. The number of hydrogen-bond donors (Lipinski definition) is 1. The Morgan fingerprint density at radius 1 is 1.11 bits per heavy atom. The van der Waals surface area contributed by atoms with Crippen molar-refractivity contribution in [2.75, 3.05) is 13.2 Å². The van der Waals surface area contributed by atoms with Crippen LogP contribution in [0.1, 0.15) is 39.5 Å². The van der Waals surface area contributed by atoms with E-state index in [0.717, 1.165) is 12.8 Å². The first-order chi connectivity index (χ1) is 8.28. The average Bonchev–Trinajstić information content (AvgIpc) is 2.27. The van der Waals surface area contributed by atoms with Gasteiger partial charge in [-0.3, -0.25) is 4.57 Å². The first-order valence-electron chi connectivity index (χ1n) is 5.91. The van der Waals surface area contributed by atoms with Crippen LogP contribution in [0.3, 0.4) is 0 Å². The number of alkyl halides is 3.